The van der Waals surface area contributed by atoms with E-state index in [0.717, 1.165) is 61.3 Å². The SMILES string of the molecule is COC(=O)c1ccccc1C.COCCCC(F)(F)COC1CC2(C1)CN(C)C2.Cn1c2ccncc2c2ccc(-c3ccc(OC4CCC4)nc3)cc21.O=CO. The Balaban J connectivity index is 0.000000170. The first kappa shape index (κ1) is 43.1. The Morgan fingerprint density at radius 3 is 2.30 bits per heavy atom. The van der Waals surface area contributed by atoms with Crippen LogP contribution in [-0.2, 0) is 26.1 Å². The molecule has 0 radical (unpaired) electrons. The molecular weight excluding hydrogens is 735 g/mol. The molecule has 1 aliphatic heterocycles. The zero-order chi connectivity index (χ0) is 41.0. The Labute approximate surface area is 332 Å². The maximum atomic E-state index is 13.4. The molecule has 13 heteroatoms. The number of alkyl halides is 2. The van der Waals surface area contributed by atoms with Gasteiger partial charge in [-0.15, -0.1) is 0 Å². The number of rotatable bonds is 11. The predicted octanol–water partition coefficient (Wildman–Crippen LogP) is 8.36. The molecule has 4 heterocycles. The molecule has 0 atom stereocenters. The summed E-state index contributed by atoms with van der Waals surface area (Å²) in [5.41, 5.74) is 6.64. The van der Waals surface area contributed by atoms with Crippen LogP contribution in [0.15, 0.2) is 79.3 Å². The van der Waals surface area contributed by atoms with Gasteiger partial charge in [-0.25, -0.2) is 18.6 Å². The number of halogens is 2. The van der Waals surface area contributed by atoms with Crippen LogP contribution in [0.3, 0.4) is 0 Å². The summed E-state index contributed by atoms with van der Waals surface area (Å²) in [4.78, 5) is 30.4. The van der Waals surface area contributed by atoms with Gasteiger partial charge in [0.05, 0.1) is 24.3 Å². The summed E-state index contributed by atoms with van der Waals surface area (Å²) < 4.78 is 49.6. The van der Waals surface area contributed by atoms with E-state index in [2.05, 4.69) is 68.6 Å². The van der Waals surface area contributed by atoms with Crippen LogP contribution in [0.2, 0.25) is 0 Å². The lowest BCUT2D eigenvalue weighted by Crippen LogP contribution is -2.62. The molecule has 8 rings (SSSR count). The summed E-state index contributed by atoms with van der Waals surface area (Å²) >= 11 is 0. The van der Waals surface area contributed by atoms with Gasteiger partial charge in [0.25, 0.3) is 12.4 Å². The first-order valence-electron chi connectivity index (χ1n) is 19.3. The third-order valence-corrected chi connectivity index (χ3v) is 10.7. The number of methoxy groups -OCH3 is 2. The molecule has 57 heavy (non-hydrogen) atoms. The van der Waals surface area contributed by atoms with Gasteiger partial charge in [-0.3, -0.25) is 9.78 Å². The number of pyridine rings is 2. The second-order valence-corrected chi connectivity index (χ2v) is 15.1. The van der Waals surface area contributed by atoms with E-state index >= 15 is 0 Å². The summed E-state index contributed by atoms with van der Waals surface area (Å²) in [5, 5.41) is 9.31. The summed E-state index contributed by atoms with van der Waals surface area (Å²) in [7, 11) is 7.10. The topological polar surface area (TPSA) is 125 Å². The number of aromatic nitrogens is 3. The fraction of sp³-hybridized carbons (Fsp3) is 0.455. The second kappa shape index (κ2) is 19.9. The van der Waals surface area contributed by atoms with Gasteiger partial charge in [-0.1, -0.05) is 30.3 Å². The van der Waals surface area contributed by atoms with E-state index < -0.39 is 12.5 Å². The third kappa shape index (κ3) is 11.3. The van der Waals surface area contributed by atoms with Gasteiger partial charge in [0.1, 0.15) is 12.7 Å². The highest BCUT2D eigenvalue weighted by atomic mass is 19.3. The number of fused-ring (bicyclic) bond motifs is 3. The standard InChI is InChI=1S/C21H19N3O.C13H23F2NO2.C9H10O2.CH2O2/c1-24-19-9-10-22-13-18(19)17-7-5-14(11-20(17)24)15-6-8-21(23-12-15)25-16-3-2-4-16;1-16-8-12(9-16)6-11(7-12)18-10-13(14,15)4-3-5-17-2;1-7-5-3-4-6-8(7)9(10)11-2;2-1-3/h5-13,16H,2-4H2,1H3;11H,3-10H2,1-2H3;3-6H,1-2H3;1H,(H,2,3). The maximum absolute atomic E-state index is 13.4. The van der Waals surface area contributed by atoms with Crippen molar-refractivity contribution in [3.8, 4) is 17.0 Å². The van der Waals surface area contributed by atoms with Gasteiger partial charge in [0, 0.05) is 92.2 Å². The van der Waals surface area contributed by atoms with Gasteiger partial charge in [0.2, 0.25) is 5.88 Å². The minimum Gasteiger partial charge on any atom is -0.483 e. The molecule has 1 spiro atoms. The lowest BCUT2D eigenvalue weighted by molar-refractivity contribution is -0.179. The van der Waals surface area contributed by atoms with Crippen LogP contribution in [0.4, 0.5) is 8.78 Å². The highest BCUT2D eigenvalue weighted by Crippen LogP contribution is 2.49. The first-order valence-corrected chi connectivity index (χ1v) is 19.3. The lowest BCUT2D eigenvalue weighted by Gasteiger charge is -2.58. The van der Waals surface area contributed by atoms with Crippen molar-refractivity contribution >= 4 is 34.2 Å². The third-order valence-electron chi connectivity index (χ3n) is 10.7. The Morgan fingerprint density at radius 1 is 0.965 bits per heavy atom. The molecule has 3 aliphatic rings. The minimum atomic E-state index is -2.71. The van der Waals surface area contributed by atoms with Crippen molar-refractivity contribution < 1.29 is 42.4 Å². The number of likely N-dealkylation sites (tertiary alicyclic amines) is 1. The monoisotopic (exact) mass is 788 g/mol. The molecule has 0 amide bonds. The second-order valence-electron chi connectivity index (χ2n) is 15.1. The summed E-state index contributed by atoms with van der Waals surface area (Å²) in [6.45, 7) is 3.77. The Kier molecular flexibility index (Phi) is 15.1. The molecule has 2 aromatic carbocycles. The van der Waals surface area contributed by atoms with E-state index in [9.17, 15) is 13.6 Å². The quantitative estimate of drug-likeness (QED) is 0.0793. The highest BCUT2D eigenvalue weighted by Gasteiger charge is 2.52. The molecule has 0 unspecified atom stereocenters. The molecule has 0 bridgehead atoms. The molecule has 11 nitrogen and oxygen atoms in total. The predicted molar refractivity (Wildman–Crippen MR) is 216 cm³/mol. The van der Waals surface area contributed by atoms with Crippen LogP contribution in [0.5, 0.6) is 5.88 Å². The van der Waals surface area contributed by atoms with Crippen molar-refractivity contribution in [3.63, 3.8) is 0 Å². The Hall–Kier alpha value is -4.98. The molecular formula is C44H54F2N4O7. The number of ether oxygens (including phenoxy) is 4. The van der Waals surface area contributed by atoms with Gasteiger partial charge in [0.15, 0.2) is 0 Å². The van der Waals surface area contributed by atoms with Crippen LogP contribution in [-0.4, -0.2) is 103 Å². The first-order chi connectivity index (χ1) is 27.4. The van der Waals surface area contributed by atoms with Crippen LogP contribution in [0, 0.1) is 12.3 Å². The average Bonchev–Trinajstić information content (AvgIpc) is 3.45. The zero-order valence-electron chi connectivity index (χ0n) is 33.5. The number of carbonyl (C=O) groups excluding carboxylic acids is 1. The molecule has 1 N–H and O–H groups in total. The number of carboxylic acid groups (broad SMARTS) is 1. The van der Waals surface area contributed by atoms with Crippen LogP contribution >= 0.6 is 0 Å². The normalized spacial score (nSPS) is 16.1. The van der Waals surface area contributed by atoms with Crippen LogP contribution in [0.1, 0.15) is 60.9 Å². The number of hydrogen-bond acceptors (Lipinski definition) is 9. The fourth-order valence-electron chi connectivity index (χ4n) is 7.59. The van der Waals surface area contributed by atoms with Gasteiger partial charge in [-0.05, 0) is 87.9 Å². The van der Waals surface area contributed by atoms with Crippen molar-refractivity contribution in [1.29, 1.82) is 0 Å². The van der Waals surface area contributed by atoms with Crippen molar-refractivity contribution in [2.24, 2.45) is 12.5 Å². The van der Waals surface area contributed by atoms with E-state index in [1.54, 1.807) is 6.07 Å². The maximum Gasteiger partial charge on any atom is 0.338 e. The number of esters is 1. The molecule has 5 aromatic rings. The van der Waals surface area contributed by atoms with E-state index in [0.29, 0.717) is 30.1 Å². The molecule has 2 aliphatic carbocycles. The van der Waals surface area contributed by atoms with Crippen molar-refractivity contribution in [2.75, 3.05) is 47.6 Å². The summed E-state index contributed by atoms with van der Waals surface area (Å²) in [6, 6.07) is 20.0. The van der Waals surface area contributed by atoms with Crippen molar-refractivity contribution in [2.45, 2.75) is 70.0 Å². The van der Waals surface area contributed by atoms with E-state index in [1.807, 2.05) is 49.8 Å². The minimum absolute atomic E-state index is 0.0481. The van der Waals surface area contributed by atoms with Crippen LogP contribution in [0.25, 0.3) is 32.9 Å². The molecule has 3 aromatic heterocycles. The number of aryl methyl sites for hydroxylation is 2. The molecule has 306 valence electrons. The zero-order valence-corrected chi connectivity index (χ0v) is 33.5. The Bertz CT molecular complexity index is 2060. The highest BCUT2D eigenvalue weighted by molar-refractivity contribution is 6.08. The lowest BCUT2D eigenvalue weighted by atomic mass is 9.62. The molecule has 1 saturated heterocycles. The van der Waals surface area contributed by atoms with Gasteiger partial charge < -0.3 is 33.5 Å². The van der Waals surface area contributed by atoms with Crippen molar-refractivity contribution in [3.05, 3.63) is 90.4 Å². The molecule has 3 fully saturated rings. The van der Waals surface area contributed by atoms with E-state index in [-0.39, 0.29) is 25.0 Å². The van der Waals surface area contributed by atoms with Crippen molar-refractivity contribution in [1.82, 2.24) is 19.4 Å². The number of nitrogens with zero attached hydrogens (tertiary/aromatic N) is 4. The summed E-state index contributed by atoms with van der Waals surface area (Å²) in [5.74, 6) is -2.26. The van der Waals surface area contributed by atoms with Gasteiger partial charge in [-0.2, -0.15) is 0 Å². The Morgan fingerprint density at radius 2 is 1.68 bits per heavy atom. The largest absolute Gasteiger partial charge is 0.483 e. The fourth-order valence-corrected chi connectivity index (χ4v) is 7.59. The molecule has 2 saturated carbocycles. The van der Waals surface area contributed by atoms with Gasteiger partial charge >= 0.3 is 5.97 Å². The van der Waals surface area contributed by atoms with Crippen LogP contribution < -0.4 is 4.74 Å². The number of benzene rings is 2. The number of carbonyl (C=O) groups is 2. The van der Waals surface area contributed by atoms with E-state index in [1.165, 1.54) is 42.4 Å². The number of hydrogen-bond donors (Lipinski definition) is 1. The van der Waals surface area contributed by atoms with E-state index in [4.69, 9.17) is 24.1 Å². The smallest absolute Gasteiger partial charge is 0.338 e. The summed E-state index contributed by atoms with van der Waals surface area (Å²) in [6.07, 6.45) is 11.8. The average molecular weight is 789 g/mol.